The van der Waals surface area contributed by atoms with Crippen LogP contribution >= 0.6 is 15.9 Å². The van der Waals surface area contributed by atoms with Crippen LogP contribution in [0.1, 0.15) is 5.89 Å². The van der Waals surface area contributed by atoms with Crippen LogP contribution in [0.25, 0.3) is 11.4 Å². The molecule has 146 valence electrons. The maximum Gasteiger partial charge on any atom is 0.243 e. The van der Waals surface area contributed by atoms with Crippen molar-refractivity contribution in [3.05, 3.63) is 65.0 Å². The van der Waals surface area contributed by atoms with E-state index < -0.39 is 10.0 Å². The number of piperazine rings is 1. The van der Waals surface area contributed by atoms with Crippen molar-refractivity contribution in [2.75, 3.05) is 26.2 Å². The molecule has 1 fully saturated rings. The third kappa shape index (κ3) is 4.17. The molecule has 0 atom stereocenters. The van der Waals surface area contributed by atoms with Gasteiger partial charge in [0, 0.05) is 36.2 Å². The molecule has 1 saturated heterocycles. The Balaban J connectivity index is 1.38. The number of hydrogen-bond donors (Lipinski definition) is 0. The van der Waals surface area contributed by atoms with Crippen LogP contribution in [-0.2, 0) is 16.6 Å². The lowest BCUT2D eigenvalue weighted by Gasteiger charge is -2.33. The largest absolute Gasteiger partial charge is 0.338 e. The summed E-state index contributed by atoms with van der Waals surface area (Å²) in [6, 6.07) is 16.3. The standard InChI is InChI=1S/C19H19BrN4O3S/c20-16-6-4-5-15(13-16)19-21-18(27-22-19)14-23-9-11-24(12-10-23)28(25,26)17-7-2-1-3-8-17/h1-8,13H,9-12,14H2. The second-order valence-electron chi connectivity index (χ2n) is 6.52. The van der Waals surface area contributed by atoms with Crippen LogP contribution in [0.15, 0.2) is 68.5 Å². The van der Waals surface area contributed by atoms with Crippen molar-refractivity contribution in [1.82, 2.24) is 19.3 Å². The van der Waals surface area contributed by atoms with Gasteiger partial charge in [0.25, 0.3) is 0 Å². The van der Waals surface area contributed by atoms with Gasteiger partial charge >= 0.3 is 0 Å². The third-order valence-electron chi connectivity index (χ3n) is 4.62. The van der Waals surface area contributed by atoms with E-state index in [-0.39, 0.29) is 0 Å². The van der Waals surface area contributed by atoms with Gasteiger partial charge in [0.1, 0.15) is 0 Å². The highest BCUT2D eigenvalue weighted by molar-refractivity contribution is 9.10. The lowest BCUT2D eigenvalue weighted by atomic mass is 10.2. The molecule has 2 heterocycles. The maximum absolute atomic E-state index is 12.7. The predicted octanol–water partition coefficient (Wildman–Crippen LogP) is 3.01. The van der Waals surface area contributed by atoms with Crippen molar-refractivity contribution in [2.24, 2.45) is 0 Å². The summed E-state index contributed by atoms with van der Waals surface area (Å²) in [4.78, 5) is 6.91. The van der Waals surface area contributed by atoms with E-state index in [0.29, 0.717) is 49.3 Å². The van der Waals surface area contributed by atoms with Gasteiger partial charge in [0.05, 0.1) is 11.4 Å². The molecular weight excluding hydrogens is 444 g/mol. The summed E-state index contributed by atoms with van der Waals surface area (Å²) in [5, 5.41) is 4.05. The molecule has 0 bridgehead atoms. The fourth-order valence-electron chi connectivity index (χ4n) is 3.12. The van der Waals surface area contributed by atoms with E-state index >= 15 is 0 Å². The van der Waals surface area contributed by atoms with Crippen molar-refractivity contribution < 1.29 is 12.9 Å². The number of rotatable bonds is 5. The van der Waals surface area contributed by atoms with Crippen LogP contribution in [0.5, 0.6) is 0 Å². The Morgan fingerprint density at radius 2 is 1.75 bits per heavy atom. The minimum absolute atomic E-state index is 0.332. The van der Waals surface area contributed by atoms with Gasteiger partial charge in [-0.1, -0.05) is 51.4 Å². The first kappa shape index (κ1) is 19.3. The summed E-state index contributed by atoms with van der Waals surface area (Å²) in [5.74, 6) is 1.07. The zero-order valence-electron chi connectivity index (χ0n) is 15.0. The number of hydrogen-bond acceptors (Lipinski definition) is 6. The molecule has 7 nitrogen and oxygen atoms in total. The summed E-state index contributed by atoms with van der Waals surface area (Å²) < 4.78 is 33.3. The van der Waals surface area contributed by atoms with E-state index in [2.05, 4.69) is 31.0 Å². The minimum Gasteiger partial charge on any atom is -0.338 e. The van der Waals surface area contributed by atoms with Crippen LogP contribution in [0, 0.1) is 0 Å². The van der Waals surface area contributed by atoms with E-state index in [4.69, 9.17) is 4.52 Å². The van der Waals surface area contributed by atoms with E-state index in [1.54, 1.807) is 24.3 Å². The average Bonchev–Trinajstić information content (AvgIpc) is 3.18. The van der Waals surface area contributed by atoms with E-state index in [1.807, 2.05) is 30.3 Å². The van der Waals surface area contributed by atoms with Crippen molar-refractivity contribution in [2.45, 2.75) is 11.4 Å². The third-order valence-corrected chi connectivity index (χ3v) is 7.03. The average molecular weight is 463 g/mol. The Morgan fingerprint density at radius 1 is 1.00 bits per heavy atom. The van der Waals surface area contributed by atoms with Crippen LogP contribution in [0.4, 0.5) is 0 Å². The van der Waals surface area contributed by atoms with Crippen LogP contribution in [-0.4, -0.2) is 53.9 Å². The number of benzene rings is 2. The summed E-state index contributed by atoms with van der Waals surface area (Å²) in [6.07, 6.45) is 0. The Morgan fingerprint density at radius 3 is 2.46 bits per heavy atom. The molecule has 28 heavy (non-hydrogen) atoms. The summed E-state index contributed by atoms with van der Waals surface area (Å²) >= 11 is 3.44. The van der Waals surface area contributed by atoms with Crippen molar-refractivity contribution in [1.29, 1.82) is 0 Å². The molecular formula is C19H19BrN4O3S. The van der Waals surface area contributed by atoms with E-state index in [9.17, 15) is 8.42 Å². The van der Waals surface area contributed by atoms with Gasteiger partial charge in [-0.2, -0.15) is 9.29 Å². The lowest BCUT2D eigenvalue weighted by Crippen LogP contribution is -2.48. The Hall–Kier alpha value is -2.07. The first-order valence-electron chi connectivity index (χ1n) is 8.88. The Kier molecular flexibility index (Phi) is 5.58. The molecule has 0 N–H and O–H groups in total. The molecule has 0 amide bonds. The molecule has 2 aromatic carbocycles. The Labute approximate surface area is 172 Å². The molecule has 1 aliphatic rings. The fourth-order valence-corrected chi connectivity index (χ4v) is 4.97. The first-order valence-corrected chi connectivity index (χ1v) is 11.1. The smallest absolute Gasteiger partial charge is 0.243 e. The second-order valence-corrected chi connectivity index (χ2v) is 9.37. The zero-order chi connectivity index (χ0) is 19.6. The zero-order valence-corrected chi connectivity index (χ0v) is 17.4. The van der Waals surface area contributed by atoms with Crippen LogP contribution < -0.4 is 0 Å². The molecule has 4 rings (SSSR count). The summed E-state index contributed by atoms with van der Waals surface area (Å²) in [6.45, 7) is 2.59. The Bertz CT molecular complexity index is 1050. The SMILES string of the molecule is O=S(=O)(c1ccccc1)N1CCN(Cc2nc(-c3cccc(Br)c3)no2)CC1. The lowest BCUT2D eigenvalue weighted by molar-refractivity contribution is 0.163. The molecule has 9 heteroatoms. The number of sulfonamides is 1. The molecule has 3 aromatic rings. The molecule has 0 spiro atoms. The van der Waals surface area contributed by atoms with Gasteiger partial charge < -0.3 is 4.52 Å². The highest BCUT2D eigenvalue weighted by Crippen LogP contribution is 2.21. The molecule has 0 unspecified atom stereocenters. The highest BCUT2D eigenvalue weighted by Gasteiger charge is 2.28. The van der Waals surface area contributed by atoms with Gasteiger partial charge in [0.15, 0.2) is 0 Å². The molecule has 1 aromatic heterocycles. The van der Waals surface area contributed by atoms with Crippen molar-refractivity contribution in [3.8, 4) is 11.4 Å². The van der Waals surface area contributed by atoms with Gasteiger partial charge in [-0.3, -0.25) is 4.90 Å². The number of aromatic nitrogens is 2. The van der Waals surface area contributed by atoms with Gasteiger partial charge in [-0.15, -0.1) is 0 Å². The predicted molar refractivity (Wildman–Crippen MR) is 108 cm³/mol. The summed E-state index contributed by atoms with van der Waals surface area (Å²) in [5.41, 5.74) is 0.878. The molecule has 0 aliphatic carbocycles. The monoisotopic (exact) mass is 462 g/mol. The van der Waals surface area contributed by atoms with Gasteiger partial charge in [0.2, 0.25) is 21.7 Å². The van der Waals surface area contributed by atoms with Crippen LogP contribution in [0.2, 0.25) is 0 Å². The summed E-state index contributed by atoms with van der Waals surface area (Å²) in [7, 11) is -3.44. The topological polar surface area (TPSA) is 79.5 Å². The number of halogens is 1. The van der Waals surface area contributed by atoms with Crippen molar-refractivity contribution >= 4 is 26.0 Å². The van der Waals surface area contributed by atoms with Crippen molar-refractivity contribution in [3.63, 3.8) is 0 Å². The second kappa shape index (κ2) is 8.12. The molecule has 1 aliphatic heterocycles. The quantitative estimate of drug-likeness (QED) is 0.579. The van der Waals surface area contributed by atoms with E-state index in [0.717, 1.165) is 10.0 Å². The molecule has 0 radical (unpaired) electrons. The molecule has 0 saturated carbocycles. The van der Waals surface area contributed by atoms with Crippen LogP contribution in [0.3, 0.4) is 0 Å². The van der Waals surface area contributed by atoms with Gasteiger partial charge in [-0.25, -0.2) is 8.42 Å². The highest BCUT2D eigenvalue weighted by atomic mass is 79.9. The first-order chi connectivity index (χ1) is 13.5. The minimum atomic E-state index is -3.44. The number of nitrogens with zero attached hydrogens (tertiary/aromatic N) is 4. The fraction of sp³-hybridized carbons (Fsp3) is 0.263. The normalized spacial score (nSPS) is 16.3. The maximum atomic E-state index is 12.7. The van der Waals surface area contributed by atoms with E-state index in [1.165, 1.54) is 4.31 Å². The van der Waals surface area contributed by atoms with Gasteiger partial charge in [-0.05, 0) is 24.3 Å².